The Morgan fingerprint density at radius 3 is 2.29 bits per heavy atom. The van der Waals surface area contributed by atoms with Gasteiger partial charge in [-0.1, -0.05) is 7.60 Å². The number of hydrogen-bond acceptors (Lipinski definition) is 5. The highest BCUT2D eigenvalue weighted by atomic mass is 31.2. The number of carbonyl (C=O) groups is 1. The third kappa shape index (κ3) is 6.10. The van der Waals surface area contributed by atoms with Gasteiger partial charge in [-0.05, 0) is 25.9 Å². The van der Waals surface area contributed by atoms with Crippen LogP contribution in [0.4, 0.5) is 0 Å². The second-order valence-electron chi connectivity index (χ2n) is 3.64. The van der Waals surface area contributed by atoms with E-state index in [4.69, 9.17) is 0 Å². The summed E-state index contributed by atoms with van der Waals surface area (Å²) in [7, 11) is -4.45. The van der Waals surface area contributed by atoms with Gasteiger partial charge in [-0.3, -0.25) is 0 Å². The van der Waals surface area contributed by atoms with Gasteiger partial charge < -0.3 is 30.0 Å². The van der Waals surface area contributed by atoms with Crippen molar-refractivity contribution in [2.75, 3.05) is 6.16 Å². The fourth-order valence-corrected chi connectivity index (χ4v) is 1.53. The molecule has 0 aromatic heterocycles. The Bertz CT molecular complexity index is 246. The second kappa shape index (κ2) is 4.89. The molecule has 3 N–H and O–H groups in total. The van der Waals surface area contributed by atoms with E-state index in [0.29, 0.717) is 6.42 Å². The Morgan fingerprint density at radius 2 is 1.93 bits per heavy atom. The maximum Gasteiger partial charge on any atom is 0.132 e. The van der Waals surface area contributed by atoms with Crippen molar-refractivity contribution in [3.8, 4) is 0 Å². The lowest BCUT2D eigenvalue weighted by molar-refractivity contribution is -0.482. The SMILES string of the molecule is C[C@@]([NH3+])(CCCCP(=O)([O-])[O-])C(=O)[O-]. The van der Waals surface area contributed by atoms with Gasteiger partial charge in [0.05, 0.1) is 0 Å². The first-order valence-electron chi connectivity index (χ1n) is 4.23. The molecule has 0 heterocycles. The molecule has 0 saturated heterocycles. The molecule has 0 aliphatic heterocycles. The number of carboxylic acids is 1. The lowest BCUT2D eigenvalue weighted by atomic mass is 9.97. The maximum atomic E-state index is 10.5. The van der Waals surface area contributed by atoms with E-state index in [-0.39, 0.29) is 12.8 Å². The minimum Gasteiger partial charge on any atom is -0.811 e. The summed E-state index contributed by atoms with van der Waals surface area (Å²) in [4.78, 5) is 30.9. The van der Waals surface area contributed by atoms with E-state index < -0.39 is 25.3 Å². The zero-order valence-corrected chi connectivity index (χ0v) is 8.92. The standard InChI is InChI=1S/C7H16NO5P/c1-7(8,6(9)10)4-2-3-5-14(11,12)13/h2-5,8H2,1H3,(H,9,10)(H2,11,12,13)/p-2/t7-/m1/s1. The minimum atomic E-state index is -4.45. The quantitative estimate of drug-likeness (QED) is 0.374. The maximum absolute atomic E-state index is 10.5. The molecule has 14 heavy (non-hydrogen) atoms. The van der Waals surface area contributed by atoms with Crippen LogP contribution in [0.2, 0.25) is 0 Å². The van der Waals surface area contributed by atoms with Gasteiger partial charge in [0.2, 0.25) is 0 Å². The van der Waals surface area contributed by atoms with Crippen LogP contribution >= 0.6 is 7.60 Å². The predicted octanol–water partition coefficient (Wildman–Crippen LogP) is -3.18. The number of hydrogen-bond donors (Lipinski definition) is 1. The first-order chi connectivity index (χ1) is 6.15. The molecule has 0 aromatic rings. The number of carboxylic acid groups (broad SMARTS) is 1. The topological polar surface area (TPSA) is 131 Å². The highest BCUT2D eigenvalue weighted by Crippen LogP contribution is 2.25. The highest BCUT2D eigenvalue weighted by Gasteiger charge is 2.23. The van der Waals surface area contributed by atoms with Crippen molar-refractivity contribution in [2.24, 2.45) is 0 Å². The minimum absolute atomic E-state index is 0.169. The summed E-state index contributed by atoms with van der Waals surface area (Å²) >= 11 is 0. The first-order valence-corrected chi connectivity index (χ1v) is 5.96. The molecule has 0 radical (unpaired) electrons. The molecule has 0 aliphatic carbocycles. The largest absolute Gasteiger partial charge is 0.811 e. The van der Waals surface area contributed by atoms with E-state index >= 15 is 0 Å². The van der Waals surface area contributed by atoms with Crippen LogP contribution in [0.3, 0.4) is 0 Å². The average Bonchev–Trinajstić information content (AvgIpc) is 1.96. The third-order valence-corrected chi connectivity index (χ3v) is 2.77. The van der Waals surface area contributed by atoms with Crippen LogP contribution in [0.25, 0.3) is 0 Å². The third-order valence-electron chi connectivity index (χ3n) is 1.90. The average molecular weight is 223 g/mol. The van der Waals surface area contributed by atoms with E-state index in [1.165, 1.54) is 6.92 Å². The molecule has 1 atom stereocenters. The summed E-state index contributed by atoms with van der Waals surface area (Å²) < 4.78 is 10.2. The van der Waals surface area contributed by atoms with Crippen molar-refractivity contribution in [3.63, 3.8) is 0 Å². The lowest BCUT2D eigenvalue weighted by Gasteiger charge is -2.29. The molecular formula is C7H14NO5P-2. The van der Waals surface area contributed by atoms with Crippen LogP contribution in [-0.2, 0) is 9.36 Å². The molecule has 0 rings (SSSR count). The molecular weight excluding hydrogens is 209 g/mol. The molecule has 7 heteroatoms. The first kappa shape index (κ1) is 13.6. The summed E-state index contributed by atoms with van der Waals surface area (Å²) in [6, 6.07) is 0. The van der Waals surface area contributed by atoms with Gasteiger partial charge in [0, 0.05) is 6.42 Å². The van der Waals surface area contributed by atoms with Gasteiger partial charge in [-0.25, -0.2) is 0 Å². The number of unbranched alkanes of at least 4 members (excludes halogenated alkanes) is 1. The predicted molar refractivity (Wildman–Crippen MR) is 42.6 cm³/mol. The number of quaternary nitrogens is 1. The number of carbonyl (C=O) groups excluding carboxylic acids is 1. The molecule has 0 fully saturated rings. The molecule has 0 unspecified atom stereocenters. The zero-order valence-electron chi connectivity index (χ0n) is 8.02. The summed E-state index contributed by atoms with van der Waals surface area (Å²) in [6.07, 6.45) is 0.274. The van der Waals surface area contributed by atoms with Gasteiger partial charge in [0.25, 0.3) is 0 Å². The Kier molecular flexibility index (Phi) is 4.74. The second-order valence-corrected chi connectivity index (χ2v) is 5.31. The van der Waals surface area contributed by atoms with Gasteiger partial charge in [-0.15, -0.1) is 0 Å². The van der Waals surface area contributed by atoms with Crippen molar-refractivity contribution in [1.29, 1.82) is 0 Å². The molecule has 0 aromatic carbocycles. The number of rotatable bonds is 6. The van der Waals surface area contributed by atoms with Crippen molar-refractivity contribution < 1.29 is 30.0 Å². The fourth-order valence-electron chi connectivity index (χ4n) is 0.923. The van der Waals surface area contributed by atoms with Crippen molar-refractivity contribution in [3.05, 3.63) is 0 Å². The highest BCUT2D eigenvalue weighted by molar-refractivity contribution is 7.48. The molecule has 0 aliphatic rings. The smallest absolute Gasteiger partial charge is 0.132 e. The summed E-state index contributed by atoms with van der Waals surface area (Å²) in [5, 5.41) is 10.5. The Balaban J connectivity index is 3.76. The van der Waals surface area contributed by atoms with Crippen LogP contribution in [0.5, 0.6) is 0 Å². The Morgan fingerprint density at radius 1 is 1.43 bits per heavy atom. The molecule has 84 valence electrons. The van der Waals surface area contributed by atoms with E-state index in [2.05, 4.69) is 5.73 Å². The van der Waals surface area contributed by atoms with E-state index in [0.717, 1.165) is 0 Å². The van der Waals surface area contributed by atoms with Gasteiger partial charge in [-0.2, -0.15) is 0 Å². The van der Waals surface area contributed by atoms with Crippen molar-refractivity contribution in [1.82, 2.24) is 0 Å². The fraction of sp³-hybridized carbons (Fsp3) is 0.857. The Hall–Kier alpha value is -0.420. The molecule has 0 amide bonds. The van der Waals surface area contributed by atoms with E-state index in [1.54, 1.807) is 0 Å². The van der Waals surface area contributed by atoms with Crippen LogP contribution in [0, 0.1) is 0 Å². The summed E-state index contributed by atoms with van der Waals surface area (Å²) in [5.74, 6) is -1.27. The van der Waals surface area contributed by atoms with Crippen LogP contribution in [0.15, 0.2) is 0 Å². The van der Waals surface area contributed by atoms with Crippen LogP contribution < -0.4 is 20.6 Å². The monoisotopic (exact) mass is 223 g/mol. The zero-order chi connectivity index (χ0) is 11.4. The molecule has 6 nitrogen and oxygen atoms in total. The molecule has 0 saturated carbocycles. The Labute approximate surface area is 82.3 Å². The number of aliphatic carboxylic acids is 1. The van der Waals surface area contributed by atoms with Crippen molar-refractivity contribution >= 4 is 13.6 Å². The van der Waals surface area contributed by atoms with E-state index in [9.17, 15) is 24.3 Å². The van der Waals surface area contributed by atoms with Crippen LogP contribution in [0.1, 0.15) is 26.2 Å². The van der Waals surface area contributed by atoms with Crippen molar-refractivity contribution in [2.45, 2.75) is 31.7 Å². The van der Waals surface area contributed by atoms with E-state index in [1.807, 2.05) is 0 Å². The van der Waals surface area contributed by atoms with Crippen LogP contribution in [-0.4, -0.2) is 17.7 Å². The normalized spacial score (nSPS) is 16.3. The molecule has 0 spiro atoms. The van der Waals surface area contributed by atoms with Gasteiger partial charge >= 0.3 is 0 Å². The summed E-state index contributed by atoms with van der Waals surface area (Å²) in [6.45, 7) is 1.40. The molecule has 0 bridgehead atoms. The van der Waals surface area contributed by atoms with Gasteiger partial charge in [0.15, 0.2) is 0 Å². The van der Waals surface area contributed by atoms with Gasteiger partial charge in [0.1, 0.15) is 11.5 Å². The lowest BCUT2D eigenvalue weighted by Crippen LogP contribution is -2.77. The summed E-state index contributed by atoms with van der Waals surface area (Å²) in [5.41, 5.74) is 2.20.